The van der Waals surface area contributed by atoms with Gasteiger partial charge < -0.3 is 9.13 Å². The van der Waals surface area contributed by atoms with Gasteiger partial charge in [-0.1, -0.05) is 158 Å². The number of para-hydroxylation sites is 3. The summed E-state index contributed by atoms with van der Waals surface area (Å²) in [6.45, 7) is 0. The Hall–Kier alpha value is -8.28. The van der Waals surface area contributed by atoms with Crippen LogP contribution < -0.4 is 0 Å². The second-order valence-corrected chi connectivity index (χ2v) is 15.8. The summed E-state index contributed by atoms with van der Waals surface area (Å²) in [7, 11) is 0. The minimum atomic E-state index is 0.633. The molecule has 4 aromatic heterocycles. The van der Waals surface area contributed by atoms with E-state index in [0.29, 0.717) is 5.95 Å². The molecule has 0 saturated heterocycles. The molecule has 4 heterocycles. The quantitative estimate of drug-likeness (QED) is 0.175. The molecule has 61 heavy (non-hydrogen) atoms. The van der Waals surface area contributed by atoms with Gasteiger partial charge in [-0.15, -0.1) is 0 Å². The van der Waals surface area contributed by atoms with Gasteiger partial charge in [0, 0.05) is 54.5 Å². The first-order chi connectivity index (χ1) is 30.3. The maximum atomic E-state index is 5.32. The average molecular weight is 778 g/mol. The molecule has 0 fully saturated rings. The van der Waals surface area contributed by atoms with Crippen LogP contribution in [0.25, 0.3) is 116 Å². The summed E-state index contributed by atoms with van der Waals surface area (Å²) in [4.78, 5) is 10.6. The second-order valence-electron chi connectivity index (χ2n) is 15.8. The fourth-order valence-corrected chi connectivity index (χ4v) is 9.82. The third kappa shape index (κ3) is 5.01. The molecule has 5 heteroatoms. The predicted molar refractivity (Wildman–Crippen MR) is 253 cm³/mol. The molecule has 0 aliphatic carbocycles. The Morgan fingerprint density at radius 1 is 0.295 bits per heavy atom. The van der Waals surface area contributed by atoms with Crippen LogP contribution in [-0.4, -0.2) is 23.7 Å². The van der Waals surface area contributed by atoms with Crippen LogP contribution in [-0.2, 0) is 0 Å². The van der Waals surface area contributed by atoms with Gasteiger partial charge in [0.1, 0.15) is 0 Å². The molecule has 0 amide bonds. The molecule has 0 bridgehead atoms. The van der Waals surface area contributed by atoms with Crippen molar-refractivity contribution in [3.05, 3.63) is 212 Å². The van der Waals surface area contributed by atoms with E-state index in [9.17, 15) is 0 Å². The summed E-state index contributed by atoms with van der Waals surface area (Å²) in [5.74, 6) is 0.633. The molecular weight excluding hydrogens is 743 g/mol. The van der Waals surface area contributed by atoms with Crippen LogP contribution in [0.4, 0.5) is 0 Å². The molecule has 0 unspecified atom stereocenters. The van der Waals surface area contributed by atoms with Gasteiger partial charge in [-0.2, -0.15) is 0 Å². The molecule has 9 aromatic carbocycles. The highest BCUT2D eigenvalue weighted by atomic mass is 15.2. The van der Waals surface area contributed by atoms with Crippen molar-refractivity contribution in [3.63, 3.8) is 0 Å². The van der Waals surface area contributed by atoms with Gasteiger partial charge in [0.15, 0.2) is 0 Å². The highest BCUT2D eigenvalue weighted by Gasteiger charge is 2.23. The Morgan fingerprint density at radius 2 is 0.787 bits per heavy atom. The van der Waals surface area contributed by atoms with Gasteiger partial charge in [-0.25, -0.2) is 9.97 Å². The van der Waals surface area contributed by atoms with E-state index in [2.05, 4.69) is 214 Å². The Balaban J connectivity index is 1.10. The minimum Gasteiger partial charge on any atom is -0.309 e. The SMILES string of the molecule is c1ccc(-c2cc(-c3ccccc3)nc(-n3c4ccccc4c4ccc(-n5c6ccccc6c6c7c8ccccc8n(-c8cccc9ccccc89)c7ccc65)cc43)n2)cc1. The molecule has 5 nitrogen and oxygen atoms in total. The van der Waals surface area contributed by atoms with Crippen LogP contribution in [0.1, 0.15) is 0 Å². The Kier molecular flexibility index (Phi) is 7.24. The van der Waals surface area contributed by atoms with Gasteiger partial charge in [-0.3, -0.25) is 4.57 Å². The monoisotopic (exact) mass is 777 g/mol. The van der Waals surface area contributed by atoms with Gasteiger partial charge in [-0.05, 0) is 60.0 Å². The number of fused-ring (bicyclic) bond motifs is 11. The molecular formula is C56H35N5. The van der Waals surface area contributed by atoms with Crippen molar-refractivity contribution in [2.75, 3.05) is 0 Å². The molecule has 0 radical (unpaired) electrons. The Labute approximate surface area is 350 Å². The number of nitrogens with zero attached hydrogens (tertiary/aromatic N) is 5. The van der Waals surface area contributed by atoms with Crippen LogP contribution >= 0.6 is 0 Å². The Morgan fingerprint density at radius 3 is 1.44 bits per heavy atom. The summed E-state index contributed by atoms with van der Waals surface area (Å²) < 4.78 is 7.14. The largest absolute Gasteiger partial charge is 0.309 e. The topological polar surface area (TPSA) is 40.6 Å². The van der Waals surface area contributed by atoms with E-state index in [1.54, 1.807) is 0 Å². The van der Waals surface area contributed by atoms with Crippen molar-refractivity contribution < 1.29 is 0 Å². The van der Waals surface area contributed by atoms with Crippen molar-refractivity contribution in [1.82, 2.24) is 23.7 Å². The highest BCUT2D eigenvalue weighted by Crippen LogP contribution is 2.44. The lowest BCUT2D eigenvalue weighted by Gasteiger charge is -2.13. The van der Waals surface area contributed by atoms with Crippen LogP contribution in [0.5, 0.6) is 0 Å². The second kappa shape index (κ2) is 13.1. The smallest absolute Gasteiger partial charge is 0.235 e. The fourth-order valence-electron chi connectivity index (χ4n) is 9.82. The first kappa shape index (κ1) is 33.7. The lowest BCUT2D eigenvalue weighted by molar-refractivity contribution is 0.994. The van der Waals surface area contributed by atoms with Gasteiger partial charge in [0.25, 0.3) is 0 Å². The van der Waals surface area contributed by atoms with Gasteiger partial charge >= 0.3 is 0 Å². The van der Waals surface area contributed by atoms with Gasteiger partial charge in [0.05, 0.1) is 50.2 Å². The van der Waals surface area contributed by atoms with Crippen LogP contribution in [0.15, 0.2) is 212 Å². The molecule has 0 saturated carbocycles. The van der Waals surface area contributed by atoms with E-state index in [1.807, 2.05) is 12.1 Å². The maximum absolute atomic E-state index is 5.32. The van der Waals surface area contributed by atoms with Crippen molar-refractivity contribution in [2.45, 2.75) is 0 Å². The van der Waals surface area contributed by atoms with Crippen molar-refractivity contribution in [2.24, 2.45) is 0 Å². The normalized spacial score (nSPS) is 11.9. The first-order valence-electron chi connectivity index (χ1n) is 20.8. The fraction of sp³-hybridized carbons (Fsp3) is 0. The lowest BCUT2D eigenvalue weighted by Crippen LogP contribution is -2.04. The highest BCUT2D eigenvalue weighted by molar-refractivity contribution is 6.29. The summed E-state index contributed by atoms with van der Waals surface area (Å²) in [5.41, 5.74) is 12.9. The van der Waals surface area contributed by atoms with Crippen molar-refractivity contribution in [1.29, 1.82) is 0 Å². The molecule has 0 N–H and O–H groups in total. The number of benzene rings is 9. The number of aromatic nitrogens is 5. The first-order valence-corrected chi connectivity index (χ1v) is 20.8. The Bertz CT molecular complexity index is 3810. The summed E-state index contributed by atoms with van der Waals surface area (Å²) in [5, 5.41) is 9.72. The van der Waals surface area contributed by atoms with Crippen LogP contribution in [0.3, 0.4) is 0 Å². The predicted octanol–water partition coefficient (Wildman–Crippen LogP) is 14.3. The van der Waals surface area contributed by atoms with E-state index in [0.717, 1.165) is 61.0 Å². The van der Waals surface area contributed by atoms with E-state index in [-0.39, 0.29) is 0 Å². The van der Waals surface area contributed by atoms with Crippen molar-refractivity contribution >= 4 is 76.2 Å². The third-order valence-corrected chi connectivity index (χ3v) is 12.4. The molecule has 13 rings (SSSR count). The zero-order chi connectivity index (χ0) is 40.0. The number of hydrogen-bond donors (Lipinski definition) is 0. The number of rotatable bonds is 5. The minimum absolute atomic E-state index is 0.633. The summed E-state index contributed by atoms with van der Waals surface area (Å²) in [6, 6.07) is 76.0. The molecule has 0 aliphatic heterocycles. The molecule has 0 spiro atoms. The van der Waals surface area contributed by atoms with Crippen LogP contribution in [0.2, 0.25) is 0 Å². The standard InChI is InChI=1S/C56H35N5/c1-3-17-37(18-4-1)45-35-46(38-19-5-2-6-20-38)58-56(57-45)61-48-26-12-9-23-41(48)42-31-30-39(34-53(42)61)59-49-27-13-10-24-43(49)54-51(59)32-33-52-55(54)44-25-11-14-28-50(44)60(52)47-29-15-21-36-16-7-8-22-40(36)47/h1-35H. The van der Waals surface area contributed by atoms with Gasteiger partial charge in [0.2, 0.25) is 5.95 Å². The molecule has 284 valence electrons. The van der Waals surface area contributed by atoms with E-state index in [1.165, 1.54) is 49.0 Å². The lowest BCUT2D eigenvalue weighted by atomic mass is 10.1. The molecule has 0 atom stereocenters. The van der Waals surface area contributed by atoms with E-state index >= 15 is 0 Å². The third-order valence-electron chi connectivity index (χ3n) is 12.4. The number of hydrogen-bond acceptors (Lipinski definition) is 2. The summed E-state index contributed by atoms with van der Waals surface area (Å²) in [6.07, 6.45) is 0. The average Bonchev–Trinajstić information content (AvgIpc) is 3.97. The zero-order valence-corrected chi connectivity index (χ0v) is 32.9. The van der Waals surface area contributed by atoms with Crippen LogP contribution in [0, 0.1) is 0 Å². The van der Waals surface area contributed by atoms with Crippen molar-refractivity contribution in [3.8, 4) is 39.8 Å². The van der Waals surface area contributed by atoms with E-state index in [4.69, 9.17) is 9.97 Å². The summed E-state index contributed by atoms with van der Waals surface area (Å²) >= 11 is 0. The van der Waals surface area contributed by atoms with E-state index < -0.39 is 0 Å². The molecule has 0 aliphatic rings. The zero-order valence-electron chi connectivity index (χ0n) is 32.9. The maximum Gasteiger partial charge on any atom is 0.235 e. The molecule has 13 aromatic rings.